The number of hydrazine groups is 1. The first-order chi connectivity index (χ1) is 15.7. The molecular formula is C21H19ClF3N7O. The number of para-hydroxylation sites is 1. The quantitative estimate of drug-likeness (QED) is 0.559. The number of rotatable bonds is 5. The number of benzene rings is 1. The second-order valence-electron chi connectivity index (χ2n) is 7.49. The van der Waals surface area contributed by atoms with Crippen LogP contribution in [0.1, 0.15) is 41.4 Å². The van der Waals surface area contributed by atoms with Crippen LogP contribution in [0.25, 0.3) is 5.69 Å². The Balaban J connectivity index is 1.68. The molecule has 33 heavy (non-hydrogen) atoms. The molecule has 0 radical (unpaired) electrons. The predicted molar refractivity (Wildman–Crippen MR) is 119 cm³/mol. The molecule has 1 aliphatic rings. The normalized spacial score (nSPS) is 13.7. The zero-order valence-electron chi connectivity index (χ0n) is 17.6. The van der Waals surface area contributed by atoms with Crippen molar-refractivity contribution in [3.8, 4) is 5.69 Å². The second-order valence-corrected chi connectivity index (χ2v) is 7.89. The van der Waals surface area contributed by atoms with E-state index in [1.807, 2.05) is 13.8 Å². The minimum Gasteiger partial charge on any atom is -0.320 e. The standard InChI is InChI=1S/C21H19ClF3N7O/c1-12(2)14-5-3-4-6-17(14)31-18(21(23,24)25)15(11-29-31)20(33)30-13-9-16(22)19(26-10-13)32-27-7-8-28-32/h3-7,9-12,28H,8H2,1-2H3,(H,30,33). The Morgan fingerprint density at radius 1 is 1.24 bits per heavy atom. The summed E-state index contributed by atoms with van der Waals surface area (Å²) in [4.78, 5) is 16.9. The molecule has 0 saturated carbocycles. The van der Waals surface area contributed by atoms with Gasteiger partial charge in [-0.2, -0.15) is 28.5 Å². The summed E-state index contributed by atoms with van der Waals surface area (Å²) in [5.74, 6) is -0.749. The summed E-state index contributed by atoms with van der Waals surface area (Å²) >= 11 is 6.21. The number of nitrogens with zero attached hydrogens (tertiary/aromatic N) is 5. The van der Waals surface area contributed by atoms with Crippen LogP contribution in [0, 0.1) is 0 Å². The van der Waals surface area contributed by atoms with Crippen LogP contribution in [0.4, 0.5) is 24.7 Å². The van der Waals surface area contributed by atoms with E-state index in [-0.39, 0.29) is 28.1 Å². The van der Waals surface area contributed by atoms with E-state index >= 15 is 0 Å². The van der Waals surface area contributed by atoms with E-state index in [0.717, 1.165) is 10.9 Å². The number of amides is 1. The molecule has 3 aromatic rings. The smallest absolute Gasteiger partial charge is 0.320 e. The van der Waals surface area contributed by atoms with Crippen molar-refractivity contribution in [1.29, 1.82) is 0 Å². The molecule has 2 aromatic heterocycles. The van der Waals surface area contributed by atoms with Crippen molar-refractivity contribution >= 4 is 35.2 Å². The van der Waals surface area contributed by atoms with Gasteiger partial charge in [0, 0.05) is 6.21 Å². The third-order valence-electron chi connectivity index (χ3n) is 4.88. The Labute approximate surface area is 192 Å². The number of hydrogen-bond acceptors (Lipinski definition) is 6. The molecule has 0 unspecified atom stereocenters. The lowest BCUT2D eigenvalue weighted by molar-refractivity contribution is -0.143. The van der Waals surface area contributed by atoms with Crippen LogP contribution in [0.5, 0.6) is 0 Å². The van der Waals surface area contributed by atoms with Crippen LogP contribution < -0.4 is 15.9 Å². The van der Waals surface area contributed by atoms with Gasteiger partial charge in [0.1, 0.15) is 0 Å². The molecule has 172 valence electrons. The molecular weight excluding hydrogens is 459 g/mol. The summed E-state index contributed by atoms with van der Waals surface area (Å²) in [6, 6.07) is 8.01. The highest BCUT2D eigenvalue weighted by Crippen LogP contribution is 2.36. The number of alkyl halides is 3. The molecule has 3 heterocycles. The summed E-state index contributed by atoms with van der Waals surface area (Å²) < 4.78 is 42.9. The van der Waals surface area contributed by atoms with E-state index in [9.17, 15) is 18.0 Å². The number of carbonyl (C=O) groups excluding carboxylic acids is 1. The molecule has 0 saturated heterocycles. The first-order valence-electron chi connectivity index (χ1n) is 9.94. The van der Waals surface area contributed by atoms with Gasteiger partial charge in [0.2, 0.25) is 0 Å². The minimum absolute atomic E-state index is 0.0510. The molecule has 0 bridgehead atoms. The van der Waals surface area contributed by atoms with Crippen molar-refractivity contribution in [3.05, 3.63) is 64.6 Å². The van der Waals surface area contributed by atoms with Crippen molar-refractivity contribution < 1.29 is 18.0 Å². The zero-order valence-corrected chi connectivity index (χ0v) is 18.3. The first-order valence-corrected chi connectivity index (χ1v) is 10.3. The highest BCUT2D eigenvalue weighted by Gasteiger charge is 2.41. The zero-order chi connectivity index (χ0) is 23.8. The van der Waals surface area contributed by atoms with Gasteiger partial charge < -0.3 is 5.32 Å². The highest BCUT2D eigenvalue weighted by molar-refractivity contribution is 6.33. The second kappa shape index (κ2) is 8.83. The van der Waals surface area contributed by atoms with Gasteiger partial charge in [-0.3, -0.25) is 4.79 Å². The fraction of sp³-hybridized carbons (Fsp3) is 0.238. The van der Waals surface area contributed by atoms with E-state index in [1.54, 1.807) is 24.4 Å². The van der Waals surface area contributed by atoms with Gasteiger partial charge in [-0.05, 0) is 23.6 Å². The van der Waals surface area contributed by atoms with Gasteiger partial charge in [0.05, 0.1) is 40.9 Å². The van der Waals surface area contributed by atoms with Crippen molar-refractivity contribution in [3.63, 3.8) is 0 Å². The number of hydrazone groups is 1. The molecule has 1 aromatic carbocycles. The van der Waals surface area contributed by atoms with Crippen LogP contribution in [0.2, 0.25) is 5.02 Å². The van der Waals surface area contributed by atoms with E-state index in [2.05, 4.69) is 25.9 Å². The van der Waals surface area contributed by atoms with Crippen molar-refractivity contribution in [2.45, 2.75) is 25.9 Å². The predicted octanol–water partition coefficient (Wildman–Crippen LogP) is 4.63. The van der Waals surface area contributed by atoms with E-state index in [4.69, 9.17) is 11.6 Å². The summed E-state index contributed by atoms with van der Waals surface area (Å²) in [5, 5.41) is 11.8. The number of aromatic nitrogens is 3. The molecule has 8 nitrogen and oxygen atoms in total. The maximum Gasteiger partial charge on any atom is 0.434 e. The van der Waals surface area contributed by atoms with E-state index in [0.29, 0.717) is 12.1 Å². The molecule has 12 heteroatoms. The number of nitrogens with one attached hydrogen (secondary N) is 2. The average molecular weight is 478 g/mol. The van der Waals surface area contributed by atoms with Crippen LogP contribution in [0.3, 0.4) is 0 Å². The van der Waals surface area contributed by atoms with Crippen molar-refractivity contribution in [1.82, 2.24) is 20.2 Å². The van der Waals surface area contributed by atoms with E-state index in [1.165, 1.54) is 23.4 Å². The fourth-order valence-corrected chi connectivity index (χ4v) is 3.66. The number of carbonyl (C=O) groups is 1. The van der Waals surface area contributed by atoms with Gasteiger partial charge in [-0.15, -0.1) is 0 Å². The van der Waals surface area contributed by atoms with Crippen LogP contribution in [-0.2, 0) is 6.18 Å². The molecule has 2 N–H and O–H groups in total. The number of anilines is 2. The largest absolute Gasteiger partial charge is 0.434 e. The van der Waals surface area contributed by atoms with Crippen LogP contribution in [-0.4, -0.2) is 33.4 Å². The lowest BCUT2D eigenvalue weighted by atomic mass is 10.0. The molecule has 1 aliphatic heterocycles. The van der Waals surface area contributed by atoms with Gasteiger partial charge in [-0.1, -0.05) is 43.6 Å². The monoisotopic (exact) mass is 477 g/mol. The van der Waals surface area contributed by atoms with Crippen molar-refractivity contribution in [2.75, 3.05) is 17.0 Å². The van der Waals surface area contributed by atoms with Crippen LogP contribution >= 0.6 is 11.6 Å². The minimum atomic E-state index is -4.83. The summed E-state index contributed by atoms with van der Waals surface area (Å²) in [6.45, 7) is 4.24. The molecule has 0 spiro atoms. The number of halogens is 4. The Kier molecular flexibility index (Phi) is 6.09. The van der Waals surface area contributed by atoms with Crippen LogP contribution in [0.15, 0.2) is 47.8 Å². The number of pyridine rings is 1. The topological polar surface area (TPSA) is 87.4 Å². The van der Waals surface area contributed by atoms with Gasteiger partial charge in [0.15, 0.2) is 11.5 Å². The maximum atomic E-state index is 14.0. The maximum absolute atomic E-state index is 14.0. The molecule has 0 fully saturated rings. The summed E-state index contributed by atoms with van der Waals surface area (Å²) in [7, 11) is 0. The third-order valence-corrected chi connectivity index (χ3v) is 5.16. The Hall–Kier alpha value is -3.44. The van der Waals surface area contributed by atoms with Gasteiger partial charge in [0.25, 0.3) is 5.91 Å². The lowest BCUT2D eigenvalue weighted by Gasteiger charge is -2.17. The Morgan fingerprint density at radius 3 is 2.64 bits per heavy atom. The molecule has 0 atom stereocenters. The molecule has 0 aliphatic carbocycles. The average Bonchev–Trinajstić information content (AvgIpc) is 3.44. The fourth-order valence-electron chi connectivity index (χ4n) is 3.41. The van der Waals surface area contributed by atoms with Gasteiger partial charge in [-0.25, -0.2) is 15.1 Å². The summed E-state index contributed by atoms with van der Waals surface area (Å²) in [6.07, 6.45) is -1.03. The lowest BCUT2D eigenvalue weighted by Crippen LogP contribution is -2.29. The van der Waals surface area contributed by atoms with E-state index < -0.39 is 23.3 Å². The summed E-state index contributed by atoms with van der Waals surface area (Å²) in [5.41, 5.74) is 2.16. The highest BCUT2D eigenvalue weighted by atomic mass is 35.5. The third kappa shape index (κ3) is 4.55. The van der Waals surface area contributed by atoms with Gasteiger partial charge >= 0.3 is 6.18 Å². The molecule has 4 rings (SSSR count). The first kappa shape index (κ1) is 22.7. The SMILES string of the molecule is CC(C)c1ccccc1-n1ncc(C(=O)Nc2cnc(N3N=CCN3)c(Cl)c2)c1C(F)(F)F. The number of hydrogen-bond donors (Lipinski definition) is 2. The Bertz CT molecular complexity index is 1220. The molecule has 1 amide bonds. The Morgan fingerprint density at radius 2 is 2.00 bits per heavy atom. The van der Waals surface area contributed by atoms with Crippen molar-refractivity contribution in [2.24, 2.45) is 5.10 Å².